The zero-order valence-corrected chi connectivity index (χ0v) is 8.16. The third kappa shape index (κ3) is 3.07. The third-order valence-electron chi connectivity index (χ3n) is 2.03. The zero-order chi connectivity index (χ0) is 9.68. The van der Waals surface area contributed by atoms with Crippen molar-refractivity contribution in [3.63, 3.8) is 0 Å². The molecule has 0 bridgehead atoms. The highest BCUT2D eigenvalue weighted by Gasteiger charge is 2.04. The minimum atomic E-state index is 0.312. The van der Waals surface area contributed by atoms with Crippen LogP contribution in [0, 0.1) is 0 Å². The maximum Gasteiger partial charge on any atom is 0.115 e. The van der Waals surface area contributed by atoms with Gasteiger partial charge in [0.2, 0.25) is 0 Å². The number of hydrogen-bond acceptors (Lipinski definition) is 2. The Morgan fingerprint density at radius 2 is 1.92 bits per heavy atom. The van der Waals surface area contributed by atoms with Crippen LogP contribution in [-0.4, -0.2) is 18.3 Å². The molecule has 13 heavy (non-hydrogen) atoms. The molecule has 1 N–H and O–H groups in total. The Labute approximate surface area is 79.2 Å². The van der Waals surface area contributed by atoms with Gasteiger partial charge in [-0.25, -0.2) is 0 Å². The highest BCUT2D eigenvalue weighted by atomic mass is 16.5. The van der Waals surface area contributed by atoms with Gasteiger partial charge in [-0.1, -0.05) is 19.1 Å². The van der Waals surface area contributed by atoms with Crippen LogP contribution in [0.5, 0.6) is 5.75 Å². The number of benzene rings is 1. The lowest BCUT2D eigenvalue weighted by Crippen LogP contribution is -2.03. The molecule has 0 saturated heterocycles. The molecule has 2 heteroatoms. The molecule has 0 heterocycles. The summed E-state index contributed by atoms with van der Waals surface area (Å²) in [5, 5.41) is 9.08. The van der Waals surface area contributed by atoms with Crippen LogP contribution < -0.4 is 0 Å². The van der Waals surface area contributed by atoms with E-state index in [9.17, 15) is 0 Å². The first-order chi connectivity index (χ1) is 6.24. The average Bonchev–Trinajstić information content (AvgIpc) is 2.15. The van der Waals surface area contributed by atoms with Crippen molar-refractivity contribution in [2.75, 3.05) is 13.2 Å². The van der Waals surface area contributed by atoms with Gasteiger partial charge in [0, 0.05) is 12.5 Å². The van der Waals surface area contributed by atoms with E-state index in [4.69, 9.17) is 9.84 Å². The second-order valence-electron chi connectivity index (χ2n) is 3.15. The highest BCUT2D eigenvalue weighted by Crippen LogP contribution is 2.18. The van der Waals surface area contributed by atoms with Crippen molar-refractivity contribution in [1.82, 2.24) is 0 Å². The largest absolute Gasteiger partial charge is 0.508 e. The van der Waals surface area contributed by atoms with Gasteiger partial charge in [0.25, 0.3) is 0 Å². The molecule has 0 aliphatic rings. The van der Waals surface area contributed by atoms with Gasteiger partial charge in [0.1, 0.15) is 5.75 Å². The minimum Gasteiger partial charge on any atom is -0.508 e. The minimum absolute atomic E-state index is 0.312. The summed E-state index contributed by atoms with van der Waals surface area (Å²) >= 11 is 0. The van der Waals surface area contributed by atoms with E-state index in [-0.39, 0.29) is 0 Å². The van der Waals surface area contributed by atoms with E-state index < -0.39 is 0 Å². The van der Waals surface area contributed by atoms with Crippen LogP contribution in [0.15, 0.2) is 24.3 Å². The SMILES string of the molecule is CCOCC(C)c1ccc(O)cc1. The van der Waals surface area contributed by atoms with Crippen molar-refractivity contribution < 1.29 is 9.84 Å². The Balaban J connectivity index is 2.55. The maximum atomic E-state index is 9.08. The molecular weight excluding hydrogens is 164 g/mol. The third-order valence-corrected chi connectivity index (χ3v) is 2.03. The molecule has 1 rings (SSSR count). The Morgan fingerprint density at radius 3 is 2.46 bits per heavy atom. The molecule has 0 spiro atoms. The van der Waals surface area contributed by atoms with Crippen LogP contribution in [0.2, 0.25) is 0 Å². The molecule has 0 amide bonds. The predicted molar refractivity (Wildman–Crippen MR) is 53.0 cm³/mol. The summed E-state index contributed by atoms with van der Waals surface area (Å²) in [5.41, 5.74) is 1.20. The molecule has 2 nitrogen and oxygen atoms in total. The molecule has 0 fully saturated rings. The van der Waals surface area contributed by atoms with Gasteiger partial charge >= 0.3 is 0 Å². The van der Waals surface area contributed by atoms with Crippen LogP contribution in [0.3, 0.4) is 0 Å². The zero-order valence-electron chi connectivity index (χ0n) is 8.16. The van der Waals surface area contributed by atoms with Crippen LogP contribution >= 0.6 is 0 Å². The van der Waals surface area contributed by atoms with E-state index >= 15 is 0 Å². The topological polar surface area (TPSA) is 29.5 Å². The average molecular weight is 180 g/mol. The predicted octanol–water partition coefficient (Wildman–Crippen LogP) is 2.53. The van der Waals surface area contributed by atoms with Crippen LogP contribution in [0.4, 0.5) is 0 Å². The number of aromatic hydroxyl groups is 1. The van der Waals surface area contributed by atoms with Crippen molar-refractivity contribution in [3.05, 3.63) is 29.8 Å². The number of hydrogen-bond donors (Lipinski definition) is 1. The number of phenols is 1. The molecule has 1 aromatic rings. The fourth-order valence-corrected chi connectivity index (χ4v) is 1.19. The van der Waals surface area contributed by atoms with E-state index in [1.165, 1.54) is 5.56 Å². The first kappa shape index (κ1) is 10.1. The van der Waals surface area contributed by atoms with E-state index in [2.05, 4.69) is 6.92 Å². The van der Waals surface area contributed by atoms with E-state index in [1.54, 1.807) is 12.1 Å². The lowest BCUT2D eigenvalue weighted by molar-refractivity contribution is 0.136. The highest BCUT2D eigenvalue weighted by molar-refractivity contribution is 5.27. The molecular formula is C11H16O2. The Morgan fingerprint density at radius 1 is 1.31 bits per heavy atom. The molecule has 72 valence electrons. The summed E-state index contributed by atoms with van der Waals surface area (Å²) in [5.74, 6) is 0.702. The molecule has 1 unspecified atom stereocenters. The van der Waals surface area contributed by atoms with Gasteiger partial charge in [-0.05, 0) is 24.6 Å². The fourth-order valence-electron chi connectivity index (χ4n) is 1.19. The van der Waals surface area contributed by atoms with Crippen LogP contribution in [-0.2, 0) is 4.74 Å². The standard InChI is InChI=1S/C11H16O2/c1-3-13-8-9(2)10-4-6-11(12)7-5-10/h4-7,9,12H,3,8H2,1-2H3. The Bertz CT molecular complexity index is 241. The second-order valence-corrected chi connectivity index (χ2v) is 3.15. The fraction of sp³-hybridized carbons (Fsp3) is 0.455. The number of ether oxygens (including phenoxy) is 1. The van der Waals surface area contributed by atoms with Gasteiger partial charge in [-0.15, -0.1) is 0 Å². The van der Waals surface area contributed by atoms with Crippen molar-refractivity contribution in [2.24, 2.45) is 0 Å². The second kappa shape index (κ2) is 4.87. The van der Waals surface area contributed by atoms with Gasteiger partial charge in [-0.2, -0.15) is 0 Å². The van der Waals surface area contributed by atoms with Crippen molar-refractivity contribution >= 4 is 0 Å². The summed E-state index contributed by atoms with van der Waals surface area (Å²) in [7, 11) is 0. The van der Waals surface area contributed by atoms with Crippen molar-refractivity contribution in [1.29, 1.82) is 0 Å². The summed E-state index contributed by atoms with van der Waals surface area (Å²) in [6.07, 6.45) is 0. The number of phenolic OH excluding ortho intramolecular Hbond substituents is 1. The quantitative estimate of drug-likeness (QED) is 0.771. The molecule has 0 radical (unpaired) electrons. The van der Waals surface area contributed by atoms with Crippen molar-refractivity contribution in [3.8, 4) is 5.75 Å². The van der Waals surface area contributed by atoms with Gasteiger partial charge < -0.3 is 9.84 Å². The molecule has 0 aromatic heterocycles. The lowest BCUT2D eigenvalue weighted by atomic mass is 10.0. The van der Waals surface area contributed by atoms with Crippen molar-refractivity contribution in [2.45, 2.75) is 19.8 Å². The van der Waals surface area contributed by atoms with Gasteiger partial charge in [0.05, 0.1) is 6.61 Å². The molecule has 0 aliphatic heterocycles. The van der Waals surface area contributed by atoms with Gasteiger partial charge in [0.15, 0.2) is 0 Å². The molecule has 1 atom stereocenters. The van der Waals surface area contributed by atoms with Gasteiger partial charge in [-0.3, -0.25) is 0 Å². The maximum absolute atomic E-state index is 9.08. The van der Waals surface area contributed by atoms with E-state index in [0.717, 1.165) is 13.2 Å². The smallest absolute Gasteiger partial charge is 0.115 e. The van der Waals surface area contributed by atoms with E-state index in [1.807, 2.05) is 19.1 Å². The summed E-state index contributed by atoms with van der Waals surface area (Å²) in [6, 6.07) is 7.27. The first-order valence-electron chi connectivity index (χ1n) is 4.60. The van der Waals surface area contributed by atoms with Crippen LogP contribution in [0.25, 0.3) is 0 Å². The Hall–Kier alpha value is -1.02. The summed E-state index contributed by atoms with van der Waals surface area (Å²) in [6.45, 7) is 5.59. The lowest BCUT2D eigenvalue weighted by Gasteiger charge is -2.11. The number of rotatable bonds is 4. The van der Waals surface area contributed by atoms with E-state index in [0.29, 0.717) is 11.7 Å². The van der Waals surface area contributed by atoms with Crippen LogP contribution in [0.1, 0.15) is 25.3 Å². The molecule has 0 aliphatic carbocycles. The molecule has 1 aromatic carbocycles. The molecule has 0 saturated carbocycles. The first-order valence-corrected chi connectivity index (χ1v) is 4.60. The summed E-state index contributed by atoms with van der Waals surface area (Å²) in [4.78, 5) is 0. The Kier molecular flexibility index (Phi) is 3.77. The monoisotopic (exact) mass is 180 g/mol. The normalized spacial score (nSPS) is 12.8. The summed E-state index contributed by atoms with van der Waals surface area (Å²) < 4.78 is 5.32.